The maximum absolute atomic E-state index is 11.3. The third-order valence-corrected chi connectivity index (χ3v) is 3.82. The molecular weight excluding hydrogens is 184 g/mol. The number of amides is 1. The zero-order chi connectivity index (χ0) is 9.90. The third kappa shape index (κ3) is 2.38. The molecule has 0 aromatic heterocycles. The van der Waals surface area contributed by atoms with Gasteiger partial charge in [0, 0.05) is 11.8 Å². The highest BCUT2D eigenvalue weighted by atomic mass is 32.2. The van der Waals surface area contributed by atoms with E-state index in [0.717, 1.165) is 24.3 Å². The smallest absolute Gasteiger partial charge is 0.238 e. The summed E-state index contributed by atoms with van der Waals surface area (Å²) in [6, 6.07) is 0.367. The van der Waals surface area contributed by atoms with Crippen LogP contribution >= 0.6 is 11.8 Å². The first-order valence-corrected chi connectivity index (χ1v) is 5.91. The molecule has 0 aromatic carbocycles. The van der Waals surface area contributed by atoms with E-state index in [1.165, 1.54) is 0 Å². The van der Waals surface area contributed by atoms with E-state index in [-0.39, 0.29) is 5.91 Å². The van der Waals surface area contributed by atoms with Gasteiger partial charge in [-0.05, 0) is 25.5 Å². The molecule has 2 atom stereocenters. The van der Waals surface area contributed by atoms with E-state index in [0.29, 0.717) is 6.04 Å². The van der Waals surface area contributed by atoms with Crippen LogP contribution in [0.15, 0.2) is 0 Å². The molecule has 1 rings (SSSR count). The van der Waals surface area contributed by atoms with Crippen molar-refractivity contribution in [3.05, 3.63) is 0 Å². The lowest BCUT2D eigenvalue weighted by atomic mass is 9.96. The molecule has 13 heavy (non-hydrogen) atoms. The fourth-order valence-electron chi connectivity index (χ4n) is 1.52. The van der Waals surface area contributed by atoms with Gasteiger partial charge in [0.05, 0.1) is 0 Å². The molecule has 0 saturated carbocycles. The van der Waals surface area contributed by atoms with Crippen LogP contribution in [0.25, 0.3) is 0 Å². The van der Waals surface area contributed by atoms with Gasteiger partial charge in [0.25, 0.3) is 0 Å². The summed E-state index contributed by atoms with van der Waals surface area (Å²) in [6.45, 7) is 4.20. The Morgan fingerprint density at radius 3 is 2.85 bits per heavy atom. The van der Waals surface area contributed by atoms with E-state index in [9.17, 15) is 4.79 Å². The van der Waals surface area contributed by atoms with E-state index in [2.05, 4.69) is 19.2 Å². The molecule has 3 nitrogen and oxygen atoms in total. The second kappa shape index (κ2) is 4.33. The summed E-state index contributed by atoms with van der Waals surface area (Å²) in [5.74, 6) is 1.66. The maximum atomic E-state index is 11.3. The quantitative estimate of drug-likeness (QED) is 0.707. The summed E-state index contributed by atoms with van der Waals surface area (Å²) < 4.78 is 0. The van der Waals surface area contributed by atoms with Crippen molar-refractivity contribution in [1.82, 2.24) is 5.32 Å². The van der Waals surface area contributed by atoms with Gasteiger partial charge >= 0.3 is 0 Å². The molecular formula is C9H18N2OS. The van der Waals surface area contributed by atoms with Gasteiger partial charge < -0.3 is 11.1 Å². The highest BCUT2D eigenvalue weighted by molar-refractivity contribution is 7.99. The number of carbonyl (C=O) groups excluding carboxylic acids is 1. The van der Waals surface area contributed by atoms with Crippen molar-refractivity contribution in [2.24, 2.45) is 5.73 Å². The van der Waals surface area contributed by atoms with Crippen LogP contribution in [0.5, 0.6) is 0 Å². The van der Waals surface area contributed by atoms with Crippen LogP contribution in [0.3, 0.4) is 0 Å². The lowest BCUT2D eigenvalue weighted by Gasteiger charge is -2.29. The number of nitrogens with one attached hydrogen (secondary N) is 1. The molecule has 76 valence electrons. The van der Waals surface area contributed by atoms with Crippen molar-refractivity contribution >= 4 is 17.7 Å². The number of carbonyl (C=O) groups is 1. The number of thioether (sulfide) groups is 1. The Balaban J connectivity index is 2.62. The fourth-order valence-corrected chi connectivity index (χ4v) is 2.87. The van der Waals surface area contributed by atoms with E-state index in [4.69, 9.17) is 5.73 Å². The molecule has 0 bridgehead atoms. The number of rotatable bonds is 4. The SMILES string of the molecule is CCC(C)NC1(C(N)=O)CCSC1. The van der Waals surface area contributed by atoms with Crippen molar-refractivity contribution in [2.45, 2.75) is 38.3 Å². The molecule has 1 heterocycles. The van der Waals surface area contributed by atoms with Crippen LogP contribution in [-0.2, 0) is 4.79 Å². The highest BCUT2D eigenvalue weighted by Gasteiger charge is 2.40. The molecule has 1 amide bonds. The zero-order valence-electron chi connectivity index (χ0n) is 8.30. The summed E-state index contributed by atoms with van der Waals surface area (Å²) in [6.07, 6.45) is 1.90. The van der Waals surface area contributed by atoms with Crippen molar-refractivity contribution in [3.63, 3.8) is 0 Å². The van der Waals surface area contributed by atoms with Crippen LogP contribution < -0.4 is 11.1 Å². The molecule has 2 unspecified atom stereocenters. The molecule has 3 N–H and O–H groups in total. The van der Waals surface area contributed by atoms with Gasteiger partial charge in [-0.3, -0.25) is 4.79 Å². The van der Waals surface area contributed by atoms with E-state index in [1.54, 1.807) is 11.8 Å². The van der Waals surface area contributed by atoms with Gasteiger partial charge in [-0.2, -0.15) is 11.8 Å². The highest BCUT2D eigenvalue weighted by Crippen LogP contribution is 2.28. The van der Waals surface area contributed by atoms with Crippen molar-refractivity contribution < 1.29 is 4.79 Å². The summed E-state index contributed by atoms with van der Waals surface area (Å²) >= 11 is 1.80. The van der Waals surface area contributed by atoms with E-state index >= 15 is 0 Å². The molecule has 0 radical (unpaired) electrons. The van der Waals surface area contributed by atoms with Crippen LogP contribution in [0.1, 0.15) is 26.7 Å². The van der Waals surface area contributed by atoms with Gasteiger partial charge in [-0.25, -0.2) is 0 Å². The predicted molar refractivity (Wildman–Crippen MR) is 56.8 cm³/mol. The van der Waals surface area contributed by atoms with Gasteiger partial charge in [0.1, 0.15) is 5.54 Å². The first-order chi connectivity index (χ1) is 6.10. The topological polar surface area (TPSA) is 55.1 Å². The fraction of sp³-hybridized carbons (Fsp3) is 0.889. The lowest BCUT2D eigenvalue weighted by molar-refractivity contribution is -0.123. The summed E-state index contributed by atoms with van der Waals surface area (Å²) in [4.78, 5) is 11.3. The Morgan fingerprint density at radius 1 is 1.77 bits per heavy atom. The first kappa shape index (κ1) is 10.9. The average molecular weight is 202 g/mol. The molecule has 0 aromatic rings. The summed E-state index contributed by atoms with van der Waals surface area (Å²) in [5, 5.41) is 3.35. The van der Waals surface area contributed by atoms with Gasteiger partial charge in [-0.15, -0.1) is 0 Å². The normalized spacial score (nSPS) is 30.3. The Kier molecular flexibility index (Phi) is 3.62. The number of primary amides is 1. The Bertz CT molecular complexity index is 190. The number of nitrogens with two attached hydrogens (primary N) is 1. The molecule has 1 fully saturated rings. The van der Waals surface area contributed by atoms with Gasteiger partial charge in [0.2, 0.25) is 5.91 Å². The Morgan fingerprint density at radius 2 is 2.46 bits per heavy atom. The number of hydrogen-bond donors (Lipinski definition) is 2. The average Bonchev–Trinajstić information content (AvgIpc) is 2.54. The minimum Gasteiger partial charge on any atom is -0.368 e. The van der Waals surface area contributed by atoms with E-state index in [1.807, 2.05) is 0 Å². The summed E-state index contributed by atoms with van der Waals surface area (Å²) in [7, 11) is 0. The van der Waals surface area contributed by atoms with Gasteiger partial charge in [-0.1, -0.05) is 6.92 Å². The Hall–Kier alpha value is -0.220. The maximum Gasteiger partial charge on any atom is 0.238 e. The van der Waals surface area contributed by atoms with Crippen molar-refractivity contribution in [1.29, 1.82) is 0 Å². The first-order valence-electron chi connectivity index (χ1n) is 4.76. The van der Waals surface area contributed by atoms with E-state index < -0.39 is 5.54 Å². The molecule has 1 saturated heterocycles. The predicted octanol–water partition coefficient (Wildman–Crippen LogP) is 0.736. The number of hydrogen-bond acceptors (Lipinski definition) is 3. The van der Waals surface area contributed by atoms with Crippen LogP contribution in [-0.4, -0.2) is 29.0 Å². The third-order valence-electron chi connectivity index (χ3n) is 2.63. The Labute approximate surface area is 83.8 Å². The molecule has 0 aliphatic carbocycles. The van der Waals surface area contributed by atoms with Crippen LogP contribution in [0.2, 0.25) is 0 Å². The molecule has 1 aliphatic heterocycles. The van der Waals surface area contributed by atoms with Crippen LogP contribution in [0.4, 0.5) is 0 Å². The lowest BCUT2D eigenvalue weighted by Crippen LogP contribution is -2.58. The minimum atomic E-state index is -0.430. The second-order valence-electron chi connectivity index (χ2n) is 3.70. The van der Waals surface area contributed by atoms with Crippen molar-refractivity contribution in [2.75, 3.05) is 11.5 Å². The van der Waals surface area contributed by atoms with Crippen molar-refractivity contribution in [3.8, 4) is 0 Å². The largest absolute Gasteiger partial charge is 0.368 e. The standard InChI is InChI=1S/C9H18N2OS/c1-3-7(2)11-9(8(10)12)4-5-13-6-9/h7,11H,3-6H2,1-2H3,(H2,10,12). The molecule has 0 spiro atoms. The zero-order valence-corrected chi connectivity index (χ0v) is 9.12. The van der Waals surface area contributed by atoms with Gasteiger partial charge in [0.15, 0.2) is 0 Å². The molecule has 4 heteroatoms. The second-order valence-corrected chi connectivity index (χ2v) is 4.81. The molecule has 1 aliphatic rings. The summed E-state index contributed by atoms with van der Waals surface area (Å²) in [5.41, 5.74) is 4.99. The monoisotopic (exact) mass is 202 g/mol. The minimum absolute atomic E-state index is 0.196. The van der Waals surface area contributed by atoms with Crippen LogP contribution in [0, 0.1) is 0 Å².